The van der Waals surface area contributed by atoms with Gasteiger partial charge in [0.05, 0.1) is 22.3 Å². The number of fused-ring (bicyclic) bond motifs is 1. The van der Waals surface area contributed by atoms with Crippen LogP contribution in [-0.4, -0.2) is 62.3 Å². The molecule has 0 unspecified atom stereocenters. The molecule has 3 aromatic heterocycles. The van der Waals surface area contributed by atoms with Gasteiger partial charge in [0.25, 0.3) is 5.91 Å². The molecule has 0 bridgehead atoms. The maximum atomic E-state index is 16.0. The number of benzene rings is 1. The summed E-state index contributed by atoms with van der Waals surface area (Å²) in [6.45, 7) is 11.1. The molecule has 1 aliphatic rings. The number of anilines is 1. The standard InChI is InChI=1S/C31H31F3N6O2S/c1-16(2)25-27(17(3)10-11-35-25)40-29-20(14-22(34)26(36-29)24-21(33)8-7-9-23(24)43-6)28(37-31(40)42)39-13-12-38(15-18(39)4)30(41)19(5)32/h7-11,14,16,18H,5,12-13,15H2,1-4,6H3/t18-/m0/s1. The molecule has 4 aromatic rings. The van der Waals surface area contributed by atoms with Crippen molar-refractivity contribution in [2.24, 2.45) is 0 Å². The number of hydrogen-bond donors (Lipinski definition) is 0. The first-order chi connectivity index (χ1) is 20.4. The van der Waals surface area contributed by atoms with Crippen LogP contribution in [0.15, 0.2) is 58.6 Å². The van der Waals surface area contributed by atoms with Crippen LogP contribution in [0.3, 0.4) is 0 Å². The van der Waals surface area contributed by atoms with E-state index in [1.165, 1.54) is 33.4 Å². The van der Waals surface area contributed by atoms with Crippen molar-refractivity contribution in [1.29, 1.82) is 0 Å². The Balaban J connectivity index is 1.82. The van der Waals surface area contributed by atoms with E-state index >= 15 is 8.78 Å². The van der Waals surface area contributed by atoms with Gasteiger partial charge in [-0.05, 0) is 55.9 Å². The van der Waals surface area contributed by atoms with Crippen LogP contribution >= 0.6 is 11.8 Å². The quantitative estimate of drug-likeness (QED) is 0.202. The molecule has 1 saturated heterocycles. The average Bonchev–Trinajstić information content (AvgIpc) is 2.96. The smallest absolute Gasteiger partial charge is 0.350 e. The minimum Gasteiger partial charge on any atom is -0.350 e. The number of thioether (sulfide) groups is 1. The van der Waals surface area contributed by atoms with Gasteiger partial charge in [-0.2, -0.15) is 4.98 Å². The number of piperazine rings is 1. The number of pyridine rings is 2. The van der Waals surface area contributed by atoms with Crippen LogP contribution in [0.4, 0.5) is 19.0 Å². The number of carbonyl (C=O) groups is 1. The second kappa shape index (κ2) is 11.8. The second-order valence-corrected chi connectivity index (χ2v) is 11.6. The lowest BCUT2D eigenvalue weighted by molar-refractivity contribution is -0.129. The zero-order valence-electron chi connectivity index (χ0n) is 24.5. The Morgan fingerprint density at radius 1 is 1.14 bits per heavy atom. The van der Waals surface area contributed by atoms with Gasteiger partial charge in [0.2, 0.25) is 0 Å². The first kappa shape index (κ1) is 30.3. The predicted molar refractivity (Wildman–Crippen MR) is 163 cm³/mol. The maximum Gasteiger partial charge on any atom is 0.355 e. The number of aromatic nitrogens is 4. The van der Waals surface area contributed by atoms with Crippen molar-refractivity contribution in [3.63, 3.8) is 0 Å². The zero-order valence-corrected chi connectivity index (χ0v) is 25.3. The third kappa shape index (κ3) is 5.39. The fraction of sp³-hybridized carbons (Fsp3) is 0.323. The van der Waals surface area contributed by atoms with Crippen molar-refractivity contribution in [3.8, 4) is 16.9 Å². The van der Waals surface area contributed by atoms with Gasteiger partial charge in [-0.15, -0.1) is 11.8 Å². The van der Waals surface area contributed by atoms with Crippen LogP contribution in [0, 0.1) is 18.6 Å². The molecule has 8 nitrogen and oxygen atoms in total. The summed E-state index contributed by atoms with van der Waals surface area (Å²) in [7, 11) is 0. The van der Waals surface area contributed by atoms with Crippen LogP contribution in [0.1, 0.15) is 37.9 Å². The van der Waals surface area contributed by atoms with E-state index in [9.17, 15) is 14.0 Å². The molecule has 0 aliphatic carbocycles. The van der Waals surface area contributed by atoms with Crippen LogP contribution in [-0.2, 0) is 4.79 Å². The van der Waals surface area contributed by atoms with Crippen molar-refractivity contribution in [3.05, 3.63) is 82.3 Å². The van der Waals surface area contributed by atoms with Crippen LogP contribution in [0.25, 0.3) is 28.0 Å². The number of nitrogens with zero attached hydrogens (tertiary/aromatic N) is 6. The first-order valence-corrected chi connectivity index (χ1v) is 15.0. The Labute approximate surface area is 251 Å². The van der Waals surface area contributed by atoms with Gasteiger partial charge in [0.15, 0.2) is 17.3 Å². The van der Waals surface area contributed by atoms with Crippen molar-refractivity contribution >= 4 is 34.5 Å². The highest BCUT2D eigenvalue weighted by Gasteiger charge is 2.32. The average molecular weight is 609 g/mol. The minimum absolute atomic E-state index is 0.00861. The van der Waals surface area contributed by atoms with Gasteiger partial charge in [0, 0.05) is 36.8 Å². The largest absolute Gasteiger partial charge is 0.355 e. The SMILES string of the molecule is C=C(F)C(=O)N1CCN(c2nc(=O)n(-c3c(C)ccnc3C(C)C)c3nc(-c4c(F)cccc4SC)c(F)cc23)[C@@H](C)C1. The fourth-order valence-electron chi connectivity index (χ4n) is 5.52. The van der Waals surface area contributed by atoms with E-state index in [4.69, 9.17) is 0 Å². The number of halogens is 3. The van der Waals surface area contributed by atoms with Gasteiger partial charge < -0.3 is 9.80 Å². The van der Waals surface area contributed by atoms with E-state index in [-0.39, 0.29) is 53.7 Å². The molecule has 43 heavy (non-hydrogen) atoms. The highest BCUT2D eigenvalue weighted by Crippen LogP contribution is 2.37. The Morgan fingerprint density at radius 2 is 1.88 bits per heavy atom. The molecule has 0 spiro atoms. The third-order valence-electron chi connectivity index (χ3n) is 7.58. The lowest BCUT2D eigenvalue weighted by atomic mass is 10.0. The lowest BCUT2D eigenvalue weighted by Crippen LogP contribution is -2.54. The summed E-state index contributed by atoms with van der Waals surface area (Å²) in [6.07, 6.45) is 3.41. The Kier molecular flexibility index (Phi) is 8.33. The monoisotopic (exact) mass is 608 g/mol. The van der Waals surface area contributed by atoms with E-state index < -0.39 is 35.1 Å². The van der Waals surface area contributed by atoms with Gasteiger partial charge in [-0.25, -0.2) is 27.5 Å². The Hall–Kier alpha value is -4.19. The minimum atomic E-state index is -1.06. The zero-order chi connectivity index (χ0) is 31.2. The topological polar surface area (TPSA) is 84.2 Å². The molecule has 12 heteroatoms. The van der Waals surface area contributed by atoms with Crippen molar-refractivity contribution in [2.75, 3.05) is 30.8 Å². The fourth-order valence-corrected chi connectivity index (χ4v) is 6.13. The summed E-state index contributed by atoms with van der Waals surface area (Å²) in [5.41, 5.74) is 0.985. The molecule has 4 heterocycles. The van der Waals surface area contributed by atoms with Gasteiger partial charge in [-0.3, -0.25) is 9.78 Å². The van der Waals surface area contributed by atoms with E-state index in [0.29, 0.717) is 16.3 Å². The molecule has 5 rings (SSSR count). The summed E-state index contributed by atoms with van der Waals surface area (Å²) in [6, 6.07) is 7.03. The molecule has 0 N–H and O–H groups in total. The maximum absolute atomic E-state index is 16.0. The van der Waals surface area contributed by atoms with E-state index in [1.54, 1.807) is 42.5 Å². The molecule has 1 amide bonds. The van der Waals surface area contributed by atoms with Crippen molar-refractivity contribution < 1.29 is 18.0 Å². The summed E-state index contributed by atoms with van der Waals surface area (Å²) < 4.78 is 46.2. The Morgan fingerprint density at radius 3 is 2.53 bits per heavy atom. The van der Waals surface area contributed by atoms with Gasteiger partial charge >= 0.3 is 5.69 Å². The summed E-state index contributed by atoms with van der Waals surface area (Å²) in [5.74, 6) is -3.22. The molecule has 1 aliphatic heterocycles. The molecule has 1 fully saturated rings. The van der Waals surface area contributed by atoms with Crippen molar-refractivity contribution in [1.82, 2.24) is 24.4 Å². The molecular formula is C31H31F3N6O2S. The van der Waals surface area contributed by atoms with Crippen molar-refractivity contribution in [2.45, 2.75) is 44.6 Å². The highest BCUT2D eigenvalue weighted by molar-refractivity contribution is 7.98. The molecule has 0 radical (unpaired) electrons. The van der Waals surface area contributed by atoms with E-state index in [1.807, 2.05) is 20.8 Å². The number of rotatable bonds is 6. The lowest BCUT2D eigenvalue weighted by Gasteiger charge is -2.40. The summed E-state index contributed by atoms with van der Waals surface area (Å²) >= 11 is 1.25. The predicted octanol–water partition coefficient (Wildman–Crippen LogP) is 5.79. The van der Waals surface area contributed by atoms with E-state index in [0.717, 1.165) is 5.56 Å². The number of carbonyl (C=O) groups excluding carboxylic acids is 1. The van der Waals surface area contributed by atoms with Gasteiger partial charge in [-0.1, -0.05) is 26.5 Å². The molecule has 1 aromatic carbocycles. The normalized spacial score (nSPS) is 15.4. The molecule has 0 saturated carbocycles. The van der Waals surface area contributed by atoms with E-state index in [2.05, 4.69) is 21.5 Å². The van der Waals surface area contributed by atoms with Crippen LogP contribution in [0.2, 0.25) is 0 Å². The number of amides is 1. The molecular weight excluding hydrogens is 577 g/mol. The summed E-state index contributed by atoms with van der Waals surface area (Å²) in [5, 5.41) is 0.224. The Bertz CT molecular complexity index is 1830. The number of aryl methyl sites for hydroxylation is 1. The van der Waals surface area contributed by atoms with Gasteiger partial charge in [0.1, 0.15) is 17.3 Å². The summed E-state index contributed by atoms with van der Waals surface area (Å²) in [4.78, 5) is 43.4. The highest BCUT2D eigenvalue weighted by atomic mass is 32.2. The number of hydrogen-bond acceptors (Lipinski definition) is 7. The molecule has 224 valence electrons. The second-order valence-electron chi connectivity index (χ2n) is 10.8. The van der Waals surface area contributed by atoms with Crippen LogP contribution in [0.5, 0.6) is 0 Å². The molecule has 1 atom stereocenters. The third-order valence-corrected chi connectivity index (χ3v) is 8.36. The van der Waals surface area contributed by atoms with Crippen LogP contribution < -0.4 is 10.6 Å². The first-order valence-electron chi connectivity index (χ1n) is 13.8.